The molecule has 0 spiro atoms. The number of guanidine groups is 1. The molecule has 1 N–H and O–H groups in total. The number of aliphatic imine (C=N–C) groups is 1. The Hall–Kier alpha value is -2.34. The molecule has 1 fully saturated rings. The molecule has 0 radical (unpaired) electrons. The first kappa shape index (κ1) is 21.4. The highest BCUT2D eigenvalue weighted by molar-refractivity contribution is 5.80. The van der Waals surface area contributed by atoms with Crippen molar-refractivity contribution in [2.75, 3.05) is 26.2 Å². The molecule has 0 amide bonds. The number of nitrogens with zero attached hydrogens (tertiary/aromatic N) is 3. The maximum atomic E-state index is 6.09. The number of aromatic nitrogens is 1. The molecule has 2 heterocycles. The normalized spacial score (nSPS) is 18.2. The van der Waals surface area contributed by atoms with Crippen LogP contribution in [0, 0.1) is 13.8 Å². The van der Waals surface area contributed by atoms with Gasteiger partial charge < -0.3 is 19.4 Å². The summed E-state index contributed by atoms with van der Waals surface area (Å²) in [5.74, 6) is 2.40. The Bertz CT molecular complexity index is 851. The van der Waals surface area contributed by atoms with Gasteiger partial charge in [0, 0.05) is 18.5 Å². The zero-order valence-electron chi connectivity index (χ0n) is 18.6. The maximum absolute atomic E-state index is 6.09. The van der Waals surface area contributed by atoms with Gasteiger partial charge in [0.2, 0.25) is 5.89 Å². The van der Waals surface area contributed by atoms with Crippen LogP contribution in [0.5, 0.6) is 0 Å². The van der Waals surface area contributed by atoms with Crippen molar-refractivity contribution < 1.29 is 9.15 Å². The number of ether oxygens (including phenoxy) is 1. The van der Waals surface area contributed by atoms with Gasteiger partial charge >= 0.3 is 0 Å². The van der Waals surface area contributed by atoms with Crippen LogP contribution in [0.25, 0.3) is 0 Å². The zero-order valence-corrected chi connectivity index (χ0v) is 18.6. The van der Waals surface area contributed by atoms with Crippen LogP contribution in [0.4, 0.5) is 0 Å². The molecule has 6 nitrogen and oxygen atoms in total. The molecule has 1 unspecified atom stereocenters. The lowest BCUT2D eigenvalue weighted by molar-refractivity contribution is -0.00835. The molecular formula is C23H34N4O2. The van der Waals surface area contributed by atoms with Gasteiger partial charge in [0.05, 0.1) is 19.3 Å². The number of benzene rings is 1. The topological polar surface area (TPSA) is 62.9 Å². The third-order valence-electron chi connectivity index (χ3n) is 5.13. The third-order valence-corrected chi connectivity index (χ3v) is 5.13. The second-order valence-electron chi connectivity index (χ2n) is 8.70. The van der Waals surface area contributed by atoms with E-state index in [1.165, 1.54) is 16.7 Å². The second kappa shape index (κ2) is 8.99. The lowest BCUT2D eigenvalue weighted by atomic mass is 9.94. The smallest absolute Gasteiger partial charge is 0.216 e. The van der Waals surface area contributed by atoms with Crippen LogP contribution in [-0.2, 0) is 16.7 Å². The lowest BCUT2D eigenvalue weighted by Gasteiger charge is -2.35. The summed E-state index contributed by atoms with van der Waals surface area (Å²) in [6.07, 6.45) is 1.85. The van der Waals surface area contributed by atoms with Crippen LogP contribution in [0.15, 0.2) is 33.8 Å². The summed E-state index contributed by atoms with van der Waals surface area (Å²) in [5.41, 5.74) is 3.74. The van der Waals surface area contributed by atoms with Gasteiger partial charge in [0.25, 0.3) is 0 Å². The number of nitrogens with one attached hydrogen (secondary N) is 1. The monoisotopic (exact) mass is 398 g/mol. The van der Waals surface area contributed by atoms with Crippen molar-refractivity contribution in [3.8, 4) is 0 Å². The first-order valence-electron chi connectivity index (χ1n) is 10.4. The predicted molar refractivity (Wildman–Crippen MR) is 116 cm³/mol. The van der Waals surface area contributed by atoms with Crippen LogP contribution >= 0.6 is 0 Å². The van der Waals surface area contributed by atoms with Crippen LogP contribution < -0.4 is 5.32 Å². The van der Waals surface area contributed by atoms with Crippen molar-refractivity contribution in [3.05, 3.63) is 52.7 Å². The molecule has 1 saturated heterocycles. The van der Waals surface area contributed by atoms with Gasteiger partial charge in [0.1, 0.15) is 18.4 Å². The van der Waals surface area contributed by atoms with E-state index in [4.69, 9.17) is 14.1 Å². The summed E-state index contributed by atoms with van der Waals surface area (Å²) in [6, 6.07) is 6.55. The molecule has 0 aliphatic carbocycles. The Morgan fingerprint density at radius 1 is 1.31 bits per heavy atom. The quantitative estimate of drug-likeness (QED) is 0.620. The molecule has 158 valence electrons. The summed E-state index contributed by atoms with van der Waals surface area (Å²) < 4.78 is 12.0. The first-order valence-corrected chi connectivity index (χ1v) is 10.4. The average Bonchev–Trinajstić information content (AvgIpc) is 3.15. The van der Waals surface area contributed by atoms with Crippen LogP contribution in [-0.4, -0.2) is 42.1 Å². The molecule has 1 aliphatic rings. The zero-order chi connectivity index (χ0) is 21.0. The van der Waals surface area contributed by atoms with E-state index in [9.17, 15) is 0 Å². The highest BCUT2D eigenvalue weighted by atomic mass is 16.5. The molecule has 1 aromatic carbocycles. The Morgan fingerprint density at radius 3 is 2.76 bits per heavy atom. The number of rotatable bonds is 4. The van der Waals surface area contributed by atoms with Crippen LogP contribution in [0.1, 0.15) is 62.1 Å². The molecule has 0 saturated carbocycles. The van der Waals surface area contributed by atoms with Gasteiger partial charge in [-0.2, -0.15) is 0 Å². The van der Waals surface area contributed by atoms with E-state index in [-0.39, 0.29) is 11.5 Å². The molecule has 1 atom stereocenters. The average molecular weight is 399 g/mol. The predicted octanol–water partition coefficient (Wildman–Crippen LogP) is 4.13. The Balaban J connectivity index is 1.73. The fraction of sp³-hybridized carbons (Fsp3) is 0.565. The number of oxazole rings is 1. The minimum absolute atomic E-state index is 0.0439. The molecular weight excluding hydrogens is 364 g/mol. The van der Waals surface area contributed by atoms with E-state index in [0.29, 0.717) is 19.0 Å². The Morgan fingerprint density at radius 2 is 2.10 bits per heavy atom. The molecule has 0 bridgehead atoms. The van der Waals surface area contributed by atoms with E-state index in [0.717, 1.165) is 31.4 Å². The summed E-state index contributed by atoms with van der Waals surface area (Å²) >= 11 is 0. The molecule has 1 aromatic heterocycles. The fourth-order valence-electron chi connectivity index (χ4n) is 3.52. The van der Waals surface area contributed by atoms with Crippen LogP contribution in [0.2, 0.25) is 0 Å². The number of hydrogen-bond acceptors (Lipinski definition) is 4. The molecule has 29 heavy (non-hydrogen) atoms. The standard InChI is InChI=1S/C23H34N4O2/c1-7-24-22(26-14-21-25-13-20(29-21)23(4,5)6)27-10-11-28-19(15-27)18-9-8-16(2)12-17(18)3/h8-9,12-13,19H,7,10-11,14-15H2,1-6H3,(H,24,26). The lowest BCUT2D eigenvalue weighted by Crippen LogP contribution is -2.48. The highest BCUT2D eigenvalue weighted by Gasteiger charge is 2.25. The van der Waals surface area contributed by atoms with Crippen molar-refractivity contribution in [2.24, 2.45) is 4.99 Å². The minimum atomic E-state index is -0.0528. The molecule has 2 aromatic rings. The Kier molecular flexibility index (Phi) is 6.63. The van der Waals surface area contributed by atoms with E-state index in [2.05, 4.69) is 74.9 Å². The van der Waals surface area contributed by atoms with Gasteiger partial charge in [-0.1, -0.05) is 44.5 Å². The summed E-state index contributed by atoms with van der Waals surface area (Å²) in [7, 11) is 0. The molecule has 6 heteroatoms. The summed E-state index contributed by atoms with van der Waals surface area (Å²) in [5, 5.41) is 3.41. The number of morpholine rings is 1. The van der Waals surface area contributed by atoms with Crippen molar-refractivity contribution in [1.29, 1.82) is 0 Å². The molecule has 3 rings (SSSR count). The third kappa shape index (κ3) is 5.38. The van der Waals surface area contributed by atoms with Crippen molar-refractivity contribution in [2.45, 2.75) is 59.6 Å². The molecule has 1 aliphatic heterocycles. The fourth-order valence-corrected chi connectivity index (χ4v) is 3.52. The number of hydrogen-bond donors (Lipinski definition) is 1. The minimum Gasteiger partial charge on any atom is -0.443 e. The van der Waals surface area contributed by atoms with Gasteiger partial charge in [-0.3, -0.25) is 0 Å². The van der Waals surface area contributed by atoms with Crippen molar-refractivity contribution in [3.63, 3.8) is 0 Å². The summed E-state index contributed by atoms with van der Waals surface area (Å²) in [4.78, 5) is 11.5. The van der Waals surface area contributed by atoms with Crippen molar-refractivity contribution >= 4 is 5.96 Å². The van der Waals surface area contributed by atoms with Crippen molar-refractivity contribution in [1.82, 2.24) is 15.2 Å². The van der Waals surface area contributed by atoms with E-state index in [1.54, 1.807) is 0 Å². The first-order chi connectivity index (χ1) is 13.8. The SMILES string of the molecule is CCNC(=NCc1ncc(C(C)(C)C)o1)N1CCOC(c2ccc(C)cc2C)C1. The highest BCUT2D eigenvalue weighted by Crippen LogP contribution is 2.26. The number of aryl methyl sites for hydroxylation is 2. The van der Waals surface area contributed by atoms with Gasteiger partial charge in [-0.25, -0.2) is 9.98 Å². The largest absolute Gasteiger partial charge is 0.443 e. The Labute approximate surface area is 174 Å². The maximum Gasteiger partial charge on any atom is 0.216 e. The van der Waals surface area contributed by atoms with Gasteiger partial charge in [-0.05, 0) is 31.9 Å². The van der Waals surface area contributed by atoms with E-state index in [1.807, 2.05) is 6.20 Å². The van der Waals surface area contributed by atoms with E-state index >= 15 is 0 Å². The van der Waals surface area contributed by atoms with E-state index < -0.39 is 0 Å². The van der Waals surface area contributed by atoms with Crippen LogP contribution in [0.3, 0.4) is 0 Å². The summed E-state index contributed by atoms with van der Waals surface area (Å²) in [6.45, 7) is 16.2. The second-order valence-corrected chi connectivity index (χ2v) is 8.70. The van der Waals surface area contributed by atoms with Gasteiger partial charge in [0.15, 0.2) is 5.96 Å². The van der Waals surface area contributed by atoms with Gasteiger partial charge in [-0.15, -0.1) is 0 Å².